The van der Waals surface area contributed by atoms with E-state index in [0.717, 1.165) is 18.8 Å². The molecule has 24 nitrogen and oxygen atoms in total. The van der Waals surface area contributed by atoms with Crippen LogP contribution < -0.4 is 36.0 Å². The average Bonchev–Trinajstić information content (AvgIpc) is 4.20. The zero-order valence-corrected chi connectivity index (χ0v) is 44.6. The molecular weight excluding hydrogens is 1000 g/mol. The van der Waals surface area contributed by atoms with E-state index < -0.39 is 30.4 Å². The first-order valence-electron chi connectivity index (χ1n) is 24.2. The summed E-state index contributed by atoms with van der Waals surface area (Å²) in [6.07, 6.45) is 2.51. The first-order valence-corrected chi connectivity index (χ1v) is 24.6. The van der Waals surface area contributed by atoms with Gasteiger partial charge in [0.15, 0.2) is 17.5 Å². The van der Waals surface area contributed by atoms with Crippen molar-refractivity contribution < 1.29 is 48.0 Å². The third kappa shape index (κ3) is 15.1. The van der Waals surface area contributed by atoms with Crippen molar-refractivity contribution in [3.8, 4) is 0 Å². The minimum absolute atomic E-state index is 0. The molecule has 26 heteroatoms. The van der Waals surface area contributed by atoms with Crippen molar-refractivity contribution in [3.05, 3.63) is 65.3 Å². The number of morpholine rings is 1. The zero-order chi connectivity index (χ0) is 52.8. The van der Waals surface area contributed by atoms with Crippen LogP contribution >= 0.6 is 24.0 Å². The van der Waals surface area contributed by atoms with Gasteiger partial charge in [0.05, 0.1) is 37.6 Å². The second-order valence-corrected chi connectivity index (χ2v) is 21.7. The molecule has 5 aromatic heterocycles. The van der Waals surface area contributed by atoms with Gasteiger partial charge < -0.3 is 69.6 Å². The van der Waals surface area contributed by atoms with E-state index in [1.165, 1.54) is 6.20 Å². The number of nitrogens with one attached hydrogen (secondary N) is 4. The lowest BCUT2D eigenvalue weighted by Crippen LogP contribution is -2.41. The number of hydrogen-bond donors (Lipinski definition) is 7. The normalized spacial score (nSPS) is 22.0. The highest BCUT2D eigenvalue weighted by molar-refractivity contribution is 6.28. The fourth-order valence-corrected chi connectivity index (χ4v) is 8.29. The van der Waals surface area contributed by atoms with Gasteiger partial charge in [-0.2, -0.15) is 4.98 Å². The van der Waals surface area contributed by atoms with Gasteiger partial charge in [0.2, 0.25) is 29.0 Å². The molecule has 9 heterocycles. The number of carbonyl (C=O) groups is 3. The minimum Gasteiger partial charge on any atom is -0.392 e. The molecule has 0 saturated carbocycles. The Bertz CT molecular complexity index is 2660. The van der Waals surface area contributed by atoms with Crippen LogP contribution in [0.3, 0.4) is 0 Å². The Kier molecular flexibility index (Phi) is 18.7. The molecule has 0 aliphatic carbocycles. The predicted molar refractivity (Wildman–Crippen MR) is 277 cm³/mol. The van der Waals surface area contributed by atoms with Crippen LogP contribution in [0.5, 0.6) is 0 Å². The smallest absolute Gasteiger partial charge is 0.248 e. The van der Waals surface area contributed by atoms with Gasteiger partial charge in [0.1, 0.15) is 41.0 Å². The summed E-state index contributed by atoms with van der Waals surface area (Å²) in [4.78, 5) is 60.0. The Hall–Kier alpha value is -6.02. The molecule has 0 bridgehead atoms. The number of aromatic nitrogens is 7. The number of nitrogens with zero attached hydrogens (tertiary/aromatic N) is 10. The molecular formula is C48H68Cl2N14O10. The first-order chi connectivity index (χ1) is 34.4. The molecule has 4 aliphatic rings. The van der Waals surface area contributed by atoms with Crippen molar-refractivity contribution in [1.29, 1.82) is 0 Å². The highest BCUT2D eigenvalue weighted by atomic mass is 35.5. The van der Waals surface area contributed by atoms with Crippen molar-refractivity contribution in [2.45, 2.75) is 134 Å². The summed E-state index contributed by atoms with van der Waals surface area (Å²) >= 11 is 5.83. The molecule has 404 valence electrons. The first kappa shape index (κ1) is 57.3. The van der Waals surface area contributed by atoms with Crippen LogP contribution in [0.25, 0.3) is 0 Å². The molecule has 6 atom stereocenters. The van der Waals surface area contributed by atoms with E-state index in [-0.39, 0.29) is 70.7 Å². The minimum atomic E-state index is -0.632. The van der Waals surface area contributed by atoms with Gasteiger partial charge in [-0.05, 0) is 30.2 Å². The summed E-state index contributed by atoms with van der Waals surface area (Å²) in [5.74, 6) is 4.16. The number of ether oxygens (including phenoxy) is 1. The standard InChI is InChI=1S/C20H28N6O4.C16H20ClN5O3.C12H19N3O3.ClH/c1-20(2,3)15-11-16(24-30-15)22-18(28)14-10-13(27)12-26(14)17-4-5-21-19(23-17)25-6-8-29-9-7-25;1-16(2,3)11-7-12(21-25-11)19-14(24)10-6-9(23)8-22(10)13-4-5-18-15(17)20-13;1-12(2,3)9-5-10(15-18-9)14-11(17)8-4-7(16)6-13-8;/h4-5,11,13-14,27H,6-10,12H2,1-3H3,(H,22,24,28);4-5,7,9-10,23H,6,8H2,1-3H3,(H,19,21,24);5,7-8,13,16H,4,6H2,1-3H3,(H,14,15,17);1H/t13-,14+;9-,10+;7-,8+;/m111./s1. The molecule has 4 aliphatic heterocycles. The number of hydrogen-bond acceptors (Lipinski definition) is 21. The lowest BCUT2D eigenvalue weighted by atomic mass is 9.93. The maximum Gasteiger partial charge on any atom is 0.248 e. The van der Waals surface area contributed by atoms with Crippen LogP contribution in [0.15, 0.2) is 56.3 Å². The van der Waals surface area contributed by atoms with E-state index in [0.29, 0.717) is 85.7 Å². The lowest BCUT2D eigenvalue weighted by Gasteiger charge is -2.29. The maximum absolute atomic E-state index is 13.0. The molecule has 4 saturated heterocycles. The fraction of sp³-hybridized carbons (Fsp3) is 0.583. The Morgan fingerprint density at radius 3 is 1.47 bits per heavy atom. The van der Waals surface area contributed by atoms with E-state index in [1.807, 2.05) is 67.2 Å². The summed E-state index contributed by atoms with van der Waals surface area (Å²) in [5.41, 5.74) is -0.552. The largest absolute Gasteiger partial charge is 0.392 e. The quantitative estimate of drug-likeness (QED) is 0.102. The van der Waals surface area contributed by atoms with Gasteiger partial charge in [-0.25, -0.2) is 15.0 Å². The number of rotatable bonds is 9. The third-order valence-electron chi connectivity index (χ3n) is 12.2. The SMILES string of the molecule is CC(C)(C)c1cc(NC(=O)[C@@H]2C[C@@H](O)CN2)no1.CC(C)(C)c1cc(NC(=O)[C@@H]2C[C@@H](O)CN2c2ccnc(Cl)n2)no1.CC(C)(C)c1cc(NC(=O)[C@@H]2C[C@@H](O)CN2c2ccnc(N3CCOCC3)n2)no1.Cl. The van der Waals surface area contributed by atoms with E-state index in [1.54, 1.807) is 41.4 Å². The number of aliphatic hydroxyl groups is 3. The Morgan fingerprint density at radius 1 is 0.635 bits per heavy atom. The summed E-state index contributed by atoms with van der Waals surface area (Å²) < 4.78 is 21.2. The van der Waals surface area contributed by atoms with Gasteiger partial charge in [-0.1, -0.05) is 77.8 Å². The Labute approximate surface area is 440 Å². The van der Waals surface area contributed by atoms with Crippen LogP contribution in [0.1, 0.15) is 98.9 Å². The van der Waals surface area contributed by atoms with E-state index in [4.69, 9.17) is 29.9 Å². The van der Waals surface area contributed by atoms with Gasteiger partial charge in [-0.3, -0.25) is 14.4 Å². The van der Waals surface area contributed by atoms with Crippen molar-refractivity contribution in [2.24, 2.45) is 0 Å². The monoisotopic (exact) mass is 1070 g/mol. The predicted octanol–water partition coefficient (Wildman–Crippen LogP) is 4.23. The maximum atomic E-state index is 13.0. The van der Waals surface area contributed by atoms with Gasteiger partial charge in [0, 0.05) is 92.4 Å². The van der Waals surface area contributed by atoms with Crippen LogP contribution in [0, 0.1) is 0 Å². The summed E-state index contributed by atoms with van der Waals surface area (Å²) in [6.45, 7) is 21.8. The molecule has 4 fully saturated rings. The zero-order valence-electron chi connectivity index (χ0n) is 43.0. The average molecular weight is 1070 g/mol. The molecule has 0 spiro atoms. The number of aliphatic hydroxyl groups excluding tert-OH is 3. The van der Waals surface area contributed by atoms with Crippen molar-refractivity contribution >= 4 is 76.8 Å². The number of halogens is 2. The molecule has 9 rings (SSSR count). The van der Waals surface area contributed by atoms with E-state index >= 15 is 0 Å². The Morgan fingerprint density at radius 2 is 1.07 bits per heavy atom. The van der Waals surface area contributed by atoms with Crippen molar-refractivity contribution in [3.63, 3.8) is 0 Å². The van der Waals surface area contributed by atoms with E-state index in [9.17, 15) is 29.7 Å². The summed E-state index contributed by atoms with van der Waals surface area (Å²) in [7, 11) is 0. The fourth-order valence-electron chi connectivity index (χ4n) is 8.14. The van der Waals surface area contributed by atoms with Crippen LogP contribution in [-0.2, 0) is 35.4 Å². The Balaban J connectivity index is 0.000000185. The molecule has 5 aromatic rings. The molecule has 7 N–H and O–H groups in total. The summed E-state index contributed by atoms with van der Waals surface area (Å²) in [5, 5.41) is 52.5. The third-order valence-corrected chi connectivity index (χ3v) is 12.4. The second-order valence-electron chi connectivity index (χ2n) is 21.4. The van der Waals surface area contributed by atoms with Crippen LogP contribution in [0.2, 0.25) is 5.28 Å². The topological polar surface area (TPSA) is 309 Å². The van der Waals surface area contributed by atoms with Crippen LogP contribution in [0.4, 0.5) is 35.0 Å². The molecule has 0 unspecified atom stereocenters. The van der Waals surface area contributed by atoms with Gasteiger partial charge >= 0.3 is 0 Å². The number of β-amino-alcohol motifs (C(OH)–C–C–N with tert-alkyl or cyclic N) is 3. The second kappa shape index (κ2) is 24.1. The van der Waals surface area contributed by atoms with Gasteiger partial charge in [-0.15, -0.1) is 12.4 Å². The molecule has 3 amide bonds. The number of amides is 3. The molecule has 0 aromatic carbocycles. The van der Waals surface area contributed by atoms with Gasteiger partial charge in [0.25, 0.3) is 0 Å². The van der Waals surface area contributed by atoms with Crippen molar-refractivity contribution in [1.82, 2.24) is 40.7 Å². The molecule has 0 radical (unpaired) electrons. The summed E-state index contributed by atoms with van der Waals surface area (Å²) in [6, 6.07) is 7.05. The molecule has 74 heavy (non-hydrogen) atoms. The highest BCUT2D eigenvalue weighted by Crippen LogP contribution is 2.31. The van der Waals surface area contributed by atoms with Crippen molar-refractivity contribution in [2.75, 3.05) is 76.6 Å². The number of carbonyl (C=O) groups excluding carboxylic acids is 3. The van der Waals surface area contributed by atoms with E-state index in [2.05, 4.69) is 61.6 Å². The highest BCUT2D eigenvalue weighted by Gasteiger charge is 2.39. The van der Waals surface area contributed by atoms with Crippen LogP contribution in [-0.4, -0.2) is 151 Å². The lowest BCUT2D eigenvalue weighted by molar-refractivity contribution is -0.118. The number of anilines is 6.